The second-order valence-electron chi connectivity index (χ2n) is 2.63. The number of ether oxygens (including phenoxy) is 2. The predicted molar refractivity (Wildman–Crippen MR) is 64.0 cm³/mol. The third-order valence-corrected chi connectivity index (χ3v) is 2.14. The number of aliphatic hydroxyl groups excluding tert-OH is 1. The molecule has 0 aromatic heterocycles. The van der Waals surface area contributed by atoms with Crippen LogP contribution in [0.2, 0.25) is 0 Å². The number of aliphatic hydroxyl groups is 1. The molecule has 5 nitrogen and oxygen atoms in total. The Hall–Kier alpha value is -0.760. The first-order valence-electron chi connectivity index (χ1n) is 4.11. The van der Waals surface area contributed by atoms with Crippen LogP contribution in [0.1, 0.15) is 6.92 Å². The smallest absolute Gasteiger partial charge is 0.333 e. The lowest BCUT2D eigenvalue weighted by Crippen LogP contribution is -2.09. The van der Waals surface area contributed by atoms with Gasteiger partial charge < -0.3 is 14.6 Å². The maximum atomic E-state index is 11.1. The minimum atomic E-state index is -0.440. The molecule has 15 heavy (non-hydrogen) atoms. The third-order valence-electron chi connectivity index (χ3n) is 1.65. The number of halogens is 1. The molecule has 6 heteroatoms. The van der Waals surface area contributed by atoms with E-state index in [4.69, 9.17) is 9.84 Å². The van der Waals surface area contributed by atoms with E-state index < -0.39 is 5.97 Å². The molecule has 2 N–H and O–H groups in total. The monoisotopic (exact) mass is 327 g/mol. The lowest BCUT2D eigenvalue weighted by molar-refractivity contribution is -0.136. The fourth-order valence-electron chi connectivity index (χ4n) is 0.895. The van der Waals surface area contributed by atoms with E-state index in [-0.39, 0.29) is 6.61 Å². The largest absolute Gasteiger partial charge is 0.482 e. The van der Waals surface area contributed by atoms with Crippen LogP contribution in [0.25, 0.3) is 0 Å². The van der Waals surface area contributed by atoms with Crippen LogP contribution >= 0.6 is 22.9 Å². The first kappa shape index (κ1) is 14.2. The Morgan fingerprint density at radius 3 is 2.40 bits per heavy atom. The van der Waals surface area contributed by atoms with Gasteiger partial charge in [0.05, 0.1) is 43.7 Å². The third kappa shape index (κ3) is 4.52. The molecule has 0 saturated carbocycles. The number of carbonyl (C=O) groups excluding carboxylic acids is 1. The highest BCUT2D eigenvalue weighted by Crippen LogP contribution is 2.09. The Morgan fingerprint density at radius 1 is 1.47 bits per heavy atom. The maximum Gasteiger partial charge on any atom is 0.333 e. The van der Waals surface area contributed by atoms with Gasteiger partial charge in [-0.25, -0.2) is 4.79 Å². The summed E-state index contributed by atoms with van der Waals surface area (Å²) in [4.78, 5) is 11.1. The van der Waals surface area contributed by atoms with Crippen molar-refractivity contribution in [2.24, 2.45) is 0 Å². The highest BCUT2D eigenvalue weighted by atomic mass is 127. The van der Waals surface area contributed by atoms with Crippen LogP contribution in [0.3, 0.4) is 0 Å². The topological polar surface area (TPSA) is 67.8 Å². The molecule has 0 aliphatic heterocycles. The van der Waals surface area contributed by atoms with E-state index in [0.29, 0.717) is 17.0 Å². The van der Waals surface area contributed by atoms with Gasteiger partial charge in [-0.05, 0) is 13.0 Å². The maximum absolute atomic E-state index is 11.1. The molecule has 0 unspecified atom stereocenters. The molecule has 0 aliphatic carbocycles. The Labute approximate surface area is 103 Å². The van der Waals surface area contributed by atoms with Gasteiger partial charge >= 0.3 is 5.97 Å². The number of nitrogens with one attached hydrogen (secondary N) is 1. The number of hydrogen-bond donors (Lipinski definition) is 2. The molecular weight excluding hydrogens is 313 g/mol. The quantitative estimate of drug-likeness (QED) is 0.196. The molecule has 0 spiro atoms. The normalized spacial score (nSPS) is 13.0. The zero-order valence-corrected chi connectivity index (χ0v) is 11.0. The molecule has 0 fully saturated rings. The van der Waals surface area contributed by atoms with Crippen LogP contribution in [0.15, 0.2) is 23.1 Å². The molecule has 0 rings (SSSR count). The lowest BCUT2D eigenvalue weighted by atomic mass is 10.2. The summed E-state index contributed by atoms with van der Waals surface area (Å²) in [5.41, 5.74) is 0.873. The van der Waals surface area contributed by atoms with Gasteiger partial charge in [-0.2, -0.15) is 0 Å². The summed E-state index contributed by atoms with van der Waals surface area (Å²) in [5, 5.41) is 9.08. The highest BCUT2D eigenvalue weighted by Gasteiger charge is 2.08. The SMILES string of the molecule is COC(=O)/C(C)=C/C(CO)=C(\NI)OC. The van der Waals surface area contributed by atoms with Crippen molar-refractivity contribution in [3.05, 3.63) is 23.1 Å². The van der Waals surface area contributed by atoms with Gasteiger partial charge in [0.1, 0.15) is 0 Å². The molecule has 0 atom stereocenters. The lowest BCUT2D eigenvalue weighted by Gasteiger charge is -2.08. The molecule has 0 aromatic carbocycles. The Kier molecular flexibility index (Phi) is 7.14. The molecular formula is C9H14INO4. The zero-order valence-electron chi connectivity index (χ0n) is 8.83. The summed E-state index contributed by atoms with van der Waals surface area (Å²) >= 11 is 1.87. The van der Waals surface area contributed by atoms with Crippen molar-refractivity contribution in [1.29, 1.82) is 0 Å². The summed E-state index contributed by atoms with van der Waals surface area (Å²) in [6.07, 6.45) is 1.51. The van der Waals surface area contributed by atoms with Crippen molar-refractivity contribution < 1.29 is 19.4 Å². The average Bonchev–Trinajstić information content (AvgIpc) is 2.27. The van der Waals surface area contributed by atoms with Gasteiger partial charge in [0, 0.05) is 11.1 Å². The fraction of sp³-hybridized carbons (Fsp3) is 0.444. The predicted octanol–water partition coefficient (Wildman–Crippen LogP) is 0.896. The van der Waals surface area contributed by atoms with Crippen molar-refractivity contribution in [2.75, 3.05) is 20.8 Å². The number of hydrogen-bond acceptors (Lipinski definition) is 5. The molecule has 0 bridgehead atoms. The molecule has 0 aliphatic rings. The van der Waals surface area contributed by atoms with Gasteiger partial charge in [-0.1, -0.05) is 0 Å². The summed E-state index contributed by atoms with van der Waals surface area (Å²) in [5.74, 6) is -0.0359. The van der Waals surface area contributed by atoms with Crippen molar-refractivity contribution in [1.82, 2.24) is 3.53 Å². The molecule has 86 valence electrons. The Morgan fingerprint density at radius 2 is 2.07 bits per heavy atom. The Balaban J connectivity index is 5.00. The van der Waals surface area contributed by atoms with E-state index in [9.17, 15) is 4.79 Å². The number of methoxy groups -OCH3 is 2. The van der Waals surface area contributed by atoms with Gasteiger partial charge in [-0.3, -0.25) is 3.53 Å². The summed E-state index contributed by atoms with van der Waals surface area (Å²) in [7, 11) is 2.77. The van der Waals surface area contributed by atoms with E-state index in [1.54, 1.807) is 6.92 Å². The minimum absolute atomic E-state index is 0.229. The van der Waals surface area contributed by atoms with Gasteiger partial charge in [0.25, 0.3) is 0 Å². The van der Waals surface area contributed by atoms with Crippen LogP contribution in [-0.2, 0) is 14.3 Å². The number of carbonyl (C=O) groups is 1. The average molecular weight is 327 g/mol. The van der Waals surface area contributed by atoms with Crippen molar-refractivity contribution in [3.63, 3.8) is 0 Å². The van der Waals surface area contributed by atoms with Gasteiger partial charge in [0.2, 0.25) is 5.88 Å². The van der Waals surface area contributed by atoms with Crippen molar-refractivity contribution >= 4 is 28.8 Å². The van der Waals surface area contributed by atoms with E-state index in [0.717, 1.165) is 0 Å². The fourth-order valence-corrected chi connectivity index (χ4v) is 1.46. The second kappa shape index (κ2) is 7.52. The van der Waals surface area contributed by atoms with Crippen LogP contribution in [-0.4, -0.2) is 31.9 Å². The Bertz CT molecular complexity index is 280. The van der Waals surface area contributed by atoms with Gasteiger partial charge in [-0.15, -0.1) is 0 Å². The second-order valence-corrected chi connectivity index (χ2v) is 3.17. The van der Waals surface area contributed by atoms with E-state index in [1.807, 2.05) is 22.9 Å². The molecule has 0 amide bonds. The van der Waals surface area contributed by atoms with Gasteiger partial charge in [0.15, 0.2) is 0 Å². The van der Waals surface area contributed by atoms with Crippen LogP contribution in [0.4, 0.5) is 0 Å². The highest BCUT2D eigenvalue weighted by molar-refractivity contribution is 14.1. The van der Waals surface area contributed by atoms with E-state index >= 15 is 0 Å². The number of esters is 1. The molecule has 0 heterocycles. The van der Waals surface area contributed by atoms with Crippen LogP contribution in [0.5, 0.6) is 0 Å². The number of rotatable bonds is 5. The standard InChI is InChI=1S/C9H14INO4/c1-6(9(13)15-3)4-7(5-12)8(11-10)14-2/h4,11-12H,5H2,1-3H3/b6-4+,8-7-. The first-order chi connectivity index (χ1) is 7.10. The minimum Gasteiger partial charge on any atom is -0.482 e. The molecule has 0 saturated heterocycles. The summed E-state index contributed by atoms with van der Waals surface area (Å²) in [6.45, 7) is 1.37. The van der Waals surface area contributed by atoms with Crippen LogP contribution < -0.4 is 3.53 Å². The van der Waals surface area contributed by atoms with E-state index in [1.165, 1.54) is 20.3 Å². The zero-order chi connectivity index (χ0) is 11.8. The summed E-state index contributed by atoms with van der Waals surface area (Å²) in [6, 6.07) is 0. The van der Waals surface area contributed by atoms with Crippen LogP contribution in [0, 0.1) is 0 Å². The molecule has 0 radical (unpaired) electrons. The molecule has 0 aromatic rings. The summed E-state index contributed by atoms with van der Waals surface area (Å²) < 4.78 is 12.2. The van der Waals surface area contributed by atoms with Crippen molar-refractivity contribution in [3.8, 4) is 0 Å². The van der Waals surface area contributed by atoms with E-state index in [2.05, 4.69) is 8.27 Å². The van der Waals surface area contributed by atoms with Crippen molar-refractivity contribution in [2.45, 2.75) is 6.92 Å². The first-order valence-corrected chi connectivity index (χ1v) is 5.19.